The molecule has 2 heterocycles. The van der Waals surface area contributed by atoms with E-state index in [0.29, 0.717) is 51.9 Å². The quantitative estimate of drug-likeness (QED) is 0.0190. The van der Waals surface area contributed by atoms with Crippen molar-refractivity contribution in [3.8, 4) is 5.75 Å². The molecule has 9 amide bonds. The Balaban J connectivity index is 1.43. The first kappa shape index (κ1) is 68.9. The minimum Gasteiger partial charge on any atom is -0.508 e. The molecule has 14 N–H and O–H groups in total. The van der Waals surface area contributed by atoms with Crippen molar-refractivity contribution in [1.29, 1.82) is 0 Å². The zero-order valence-electron chi connectivity index (χ0n) is 48.7. The van der Waals surface area contributed by atoms with Crippen LogP contribution in [0.2, 0.25) is 10.0 Å². The number of halogens is 2. The first-order valence-electron chi connectivity index (χ1n) is 28.3. The molecule has 0 aliphatic carbocycles. The van der Waals surface area contributed by atoms with Crippen LogP contribution in [0.5, 0.6) is 5.75 Å². The number of aryl methyl sites for hydroxylation is 1. The summed E-state index contributed by atoms with van der Waals surface area (Å²) in [4.78, 5) is 136. The maximum absolute atomic E-state index is 15.0. The number of carbonyl (C=O) groups is 9. The predicted molar refractivity (Wildman–Crippen MR) is 328 cm³/mol. The number of anilines is 1. The van der Waals surface area contributed by atoms with Crippen LogP contribution in [0, 0.1) is 0 Å². The van der Waals surface area contributed by atoms with E-state index in [1.54, 1.807) is 66.0 Å². The van der Waals surface area contributed by atoms with Gasteiger partial charge in [0, 0.05) is 56.5 Å². The number of carbonyl (C=O) groups excluding carboxylic acids is 9. The van der Waals surface area contributed by atoms with Crippen LogP contribution in [-0.2, 0) is 62.4 Å². The van der Waals surface area contributed by atoms with E-state index >= 15 is 4.79 Å². The molecule has 0 spiro atoms. The first-order chi connectivity index (χ1) is 40.9. The Kier molecular flexibility index (Phi) is 27.1. The molecular formula is C59H79Cl2N13O11S. The Bertz CT molecular complexity index is 2970. The Labute approximate surface area is 514 Å². The van der Waals surface area contributed by atoms with Gasteiger partial charge in [-0.15, -0.1) is 11.3 Å². The van der Waals surface area contributed by atoms with Crippen LogP contribution >= 0.6 is 34.5 Å². The van der Waals surface area contributed by atoms with Crippen molar-refractivity contribution in [2.45, 2.75) is 133 Å². The second-order valence-electron chi connectivity index (χ2n) is 21.1. The fourth-order valence-corrected chi connectivity index (χ4v) is 10.9. The fourth-order valence-electron chi connectivity index (χ4n) is 9.82. The van der Waals surface area contributed by atoms with Crippen LogP contribution < -0.4 is 49.1 Å². The number of aliphatic hydroxyl groups excluding tert-OH is 1. The van der Waals surface area contributed by atoms with Crippen molar-refractivity contribution in [1.82, 2.24) is 36.0 Å². The van der Waals surface area contributed by atoms with Crippen molar-refractivity contribution in [2.75, 3.05) is 45.2 Å². The monoisotopic (exact) mass is 1250 g/mol. The van der Waals surface area contributed by atoms with Gasteiger partial charge in [0.15, 0.2) is 5.96 Å². The van der Waals surface area contributed by atoms with Gasteiger partial charge in [-0.05, 0) is 142 Å². The van der Waals surface area contributed by atoms with Crippen molar-refractivity contribution in [3.63, 3.8) is 0 Å². The largest absolute Gasteiger partial charge is 0.508 e. The van der Waals surface area contributed by atoms with Crippen LogP contribution in [0.25, 0.3) is 0 Å². The highest BCUT2D eigenvalue weighted by atomic mass is 35.5. The van der Waals surface area contributed by atoms with Crippen LogP contribution in [0.15, 0.2) is 95.3 Å². The number of aromatic hydroxyl groups is 1. The average Bonchev–Trinajstić information content (AvgIpc) is 2.86. The number of likely N-dealkylation sites (tertiary alicyclic amines) is 1. The smallest absolute Gasteiger partial charge is 0.251 e. The molecule has 1 aromatic heterocycles. The molecule has 0 bridgehead atoms. The highest BCUT2D eigenvalue weighted by Crippen LogP contribution is 2.28. The van der Waals surface area contributed by atoms with Gasteiger partial charge >= 0.3 is 0 Å². The number of aliphatic hydroxyl groups is 1. The van der Waals surface area contributed by atoms with Gasteiger partial charge in [0.05, 0.1) is 11.6 Å². The number of hydrogen-bond acceptors (Lipinski definition) is 14. The van der Waals surface area contributed by atoms with Gasteiger partial charge < -0.3 is 69.1 Å². The molecule has 1 aliphatic rings. The molecule has 3 aromatic carbocycles. The lowest BCUT2D eigenvalue weighted by molar-refractivity contribution is -0.150. The molecule has 24 nitrogen and oxygen atoms in total. The second-order valence-corrected chi connectivity index (χ2v) is 22.9. The number of rotatable bonds is 32. The van der Waals surface area contributed by atoms with Gasteiger partial charge in [-0.2, -0.15) is 0 Å². The number of thiophene rings is 1. The molecule has 0 saturated carbocycles. The molecule has 4 aromatic rings. The Hall–Kier alpha value is -7.84. The molecule has 1 fully saturated rings. The lowest BCUT2D eigenvalue weighted by Gasteiger charge is -2.37. The van der Waals surface area contributed by atoms with Crippen LogP contribution in [0.1, 0.15) is 81.9 Å². The van der Waals surface area contributed by atoms with Gasteiger partial charge in [-0.25, -0.2) is 0 Å². The van der Waals surface area contributed by atoms with E-state index in [1.807, 2.05) is 0 Å². The number of nitrogens with one attached hydrogen (secondary N) is 4. The fraction of sp³-hybridized carbons (Fsp3) is 0.458. The number of amides is 9. The maximum atomic E-state index is 15.0. The normalized spacial score (nSPS) is 15.3. The third-order valence-corrected chi connectivity index (χ3v) is 16.2. The lowest BCUT2D eigenvalue weighted by atomic mass is 10.0. The van der Waals surface area contributed by atoms with Crippen molar-refractivity contribution >= 4 is 98.7 Å². The number of nitrogens with zero attached hydrogens (tertiary/aromatic N) is 5. The number of benzene rings is 3. The molecule has 8 atom stereocenters. The summed E-state index contributed by atoms with van der Waals surface area (Å²) in [6, 6.07) is 12.5. The van der Waals surface area contributed by atoms with Gasteiger partial charge in [0.2, 0.25) is 47.3 Å². The molecule has 27 heteroatoms. The van der Waals surface area contributed by atoms with E-state index in [-0.39, 0.29) is 76.3 Å². The second kappa shape index (κ2) is 33.7. The Morgan fingerprint density at radius 2 is 1.30 bits per heavy atom. The van der Waals surface area contributed by atoms with Crippen LogP contribution in [0.3, 0.4) is 0 Å². The summed E-state index contributed by atoms with van der Waals surface area (Å²) in [5.74, 6) is -6.75. The summed E-state index contributed by atoms with van der Waals surface area (Å²) in [5, 5.41) is 35.2. The number of primary amides is 1. The Morgan fingerprint density at radius 1 is 0.709 bits per heavy atom. The standard InChI is InChI=1S/C59H79Cl2N13O11S/c1-35(51(63)78)67-53(80)46-12-8-30-73(46)56(83)44(11-7-29-66-59(64)65)70-52(79)43(10-5-6-28-62)69-54(81)47(33-39-18-25-42(76)26-19-39)71(3)58(85)48(34-75)72(4)55(82)36(2)74(50-13-9-31-86-50)57(84)45(32-38-16-23-41(61)24-17-38)68-49(77)27-20-37-14-21-40(60)22-15-37/h9,13-19,21-26,31,35-36,43-48,75-76H,5-8,10-12,20,27-30,32-34,62H2,1-4H3,(H2,63,78)(H,67,80)(H,68,77)(H,69,81)(H,70,79)(H4,64,65,66)/t35-,36-,43-,44+,45-,46+,47+,48+/m1/s1. The zero-order valence-corrected chi connectivity index (χ0v) is 51.0. The van der Waals surface area contributed by atoms with E-state index in [9.17, 15) is 48.6 Å². The van der Waals surface area contributed by atoms with Gasteiger partial charge in [-0.1, -0.05) is 59.6 Å². The number of unbranched alkanes of at least 4 members (excludes halogenated alkanes) is 1. The topological polar surface area (TPSA) is 372 Å². The number of phenols is 1. The summed E-state index contributed by atoms with van der Waals surface area (Å²) >= 11 is 13.4. The number of likely N-dealkylation sites (N-methyl/N-ethyl adjacent to an activating group) is 2. The molecule has 86 heavy (non-hydrogen) atoms. The molecular weight excluding hydrogens is 1170 g/mol. The number of aliphatic imine (C=N–C) groups is 1. The number of phenolic OH excluding ortho intramolecular Hbond substituents is 1. The van der Waals surface area contributed by atoms with Crippen LogP contribution in [-0.4, -0.2) is 173 Å². The van der Waals surface area contributed by atoms with Crippen molar-refractivity contribution < 1.29 is 53.4 Å². The van der Waals surface area contributed by atoms with E-state index in [1.165, 1.54) is 62.0 Å². The summed E-state index contributed by atoms with van der Waals surface area (Å²) < 4.78 is 0. The molecule has 1 aliphatic heterocycles. The summed E-state index contributed by atoms with van der Waals surface area (Å²) in [5.41, 5.74) is 24.3. The maximum Gasteiger partial charge on any atom is 0.251 e. The summed E-state index contributed by atoms with van der Waals surface area (Å²) in [6.45, 7) is 2.37. The Morgan fingerprint density at radius 3 is 1.90 bits per heavy atom. The van der Waals surface area contributed by atoms with Gasteiger partial charge in [0.25, 0.3) is 5.91 Å². The minimum atomic E-state index is -1.66. The summed E-state index contributed by atoms with van der Waals surface area (Å²) in [7, 11) is 2.56. The van der Waals surface area contributed by atoms with E-state index in [0.717, 1.165) is 26.7 Å². The third kappa shape index (κ3) is 20.1. The first-order valence-corrected chi connectivity index (χ1v) is 29.9. The van der Waals surface area contributed by atoms with E-state index in [2.05, 4.69) is 26.3 Å². The minimum absolute atomic E-state index is 0.00261. The van der Waals surface area contributed by atoms with Gasteiger partial charge in [-0.3, -0.25) is 53.0 Å². The van der Waals surface area contributed by atoms with Crippen molar-refractivity contribution in [2.24, 2.45) is 27.9 Å². The number of nitrogens with two attached hydrogens (primary N) is 4. The molecule has 466 valence electrons. The third-order valence-electron chi connectivity index (χ3n) is 14.8. The van der Waals surface area contributed by atoms with E-state index < -0.39 is 108 Å². The van der Waals surface area contributed by atoms with Crippen molar-refractivity contribution in [3.05, 3.63) is 117 Å². The number of hydrogen-bond donors (Lipinski definition) is 10. The molecule has 0 radical (unpaired) electrons. The van der Waals surface area contributed by atoms with Crippen LogP contribution in [0.4, 0.5) is 5.00 Å². The van der Waals surface area contributed by atoms with E-state index in [4.69, 9.17) is 46.1 Å². The molecule has 5 rings (SSSR count). The lowest BCUT2D eigenvalue weighted by Crippen LogP contribution is -2.61. The number of guanidine groups is 1. The molecule has 0 unspecified atom stereocenters. The average molecular weight is 1250 g/mol. The highest BCUT2D eigenvalue weighted by Gasteiger charge is 2.42. The van der Waals surface area contributed by atoms with Gasteiger partial charge in [0.1, 0.15) is 54.1 Å². The zero-order chi connectivity index (χ0) is 63.2. The highest BCUT2D eigenvalue weighted by molar-refractivity contribution is 7.14. The predicted octanol–water partition coefficient (Wildman–Crippen LogP) is 1.86. The SMILES string of the molecule is C[C@H](C(=O)N(C)[C@@H](CO)C(=O)N(C)[C@@H](Cc1ccc(O)cc1)C(=O)N[C@H](CCCCN)C(=O)N[C@@H](CCCN=C(N)N)C(=O)N1CCC[C@H]1C(=O)N[C@H](C)C(N)=O)N(C(=O)[C@@H](Cc1ccc(Cl)cc1)NC(=O)CCc1ccc(Cl)cc1)c1cccs1. The molecule has 1 saturated heterocycles. The summed E-state index contributed by atoms with van der Waals surface area (Å²) in [6.07, 6.45) is 1.79.